The van der Waals surface area contributed by atoms with Crippen LogP contribution in [0.2, 0.25) is 0 Å². The van der Waals surface area contributed by atoms with E-state index in [0.29, 0.717) is 26.2 Å². The molecule has 134 valence electrons. The summed E-state index contributed by atoms with van der Waals surface area (Å²) >= 11 is 1.64. The van der Waals surface area contributed by atoms with Crippen LogP contribution in [0.5, 0.6) is 0 Å². The van der Waals surface area contributed by atoms with Crippen molar-refractivity contribution in [3.63, 3.8) is 0 Å². The summed E-state index contributed by atoms with van der Waals surface area (Å²) < 4.78 is 26.8. The van der Waals surface area contributed by atoms with Crippen molar-refractivity contribution in [3.8, 4) is 10.6 Å². The molecule has 0 spiro atoms. The van der Waals surface area contributed by atoms with Crippen molar-refractivity contribution in [1.29, 1.82) is 0 Å². The van der Waals surface area contributed by atoms with Gasteiger partial charge in [0.15, 0.2) is 5.82 Å². The Morgan fingerprint density at radius 2 is 1.92 bits per heavy atom. The number of nitrogens with one attached hydrogen (secondary N) is 1. The molecule has 1 N–H and O–H groups in total. The second kappa shape index (κ2) is 6.87. The second-order valence-corrected chi connectivity index (χ2v) is 6.97. The number of amides is 1. The number of aromatic amines is 1. The molecule has 1 amide bonds. The standard InChI is InChI=1S/C18H16F2N4OS/c19-12-3-4-13(14(20)10-12)18(25)24-7-5-23(6-8-24)17-11-15(21-22-17)16-2-1-9-26-16/h1-4,9-11H,5-8H2,(H,21,22). The largest absolute Gasteiger partial charge is 0.352 e. The molecule has 8 heteroatoms. The average Bonchev–Trinajstić information content (AvgIpc) is 3.33. The highest BCUT2D eigenvalue weighted by molar-refractivity contribution is 7.13. The maximum atomic E-state index is 13.8. The number of rotatable bonds is 3. The van der Waals surface area contributed by atoms with E-state index in [2.05, 4.69) is 15.1 Å². The van der Waals surface area contributed by atoms with Crippen LogP contribution in [0.15, 0.2) is 41.8 Å². The van der Waals surface area contributed by atoms with Crippen molar-refractivity contribution in [3.05, 3.63) is 59.0 Å². The smallest absolute Gasteiger partial charge is 0.256 e. The van der Waals surface area contributed by atoms with Gasteiger partial charge in [0.2, 0.25) is 0 Å². The van der Waals surface area contributed by atoms with E-state index in [1.54, 1.807) is 16.2 Å². The van der Waals surface area contributed by atoms with Gasteiger partial charge in [0.1, 0.15) is 11.6 Å². The van der Waals surface area contributed by atoms with Crippen LogP contribution in [0.25, 0.3) is 10.6 Å². The molecule has 0 atom stereocenters. The molecule has 0 aliphatic carbocycles. The third-order valence-electron chi connectivity index (χ3n) is 4.40. The highest BCUT2D eigenvalue weighted by atomic mass is 32.1. The van der Waals surface area contributed by atoms with E-state index >= 15 is 0 Å². The molecule has 0 saturated carbocycles. The number of hydrogen-bond acceptors (Lipinski definition) is 4. The molecule has 0 bridgehead atoms. The van der Waals surface area contributed by atoms with Crippen LogP contribution in [-0.4, -0.2) is 47.2 Å². The van der Waals surface area contributed by atoms with Crippen LogP contribution in [0.4, 0.5) is 14.6 Å². The van der Waals surface area contributed by atoms with Crippen LogP contribution in [-0.2, 0) is 0 Å². The first-order chi connectivity index (χ1) is 12.6. The molecule has 3 aromatic rings. The molecule has 26 heavy (non-hydrogen) atoms. The van der Waals surface area contributed by atoms with Gasteiger partial charge in [-0.05, 0) is 23.6 Å². The maximum absolute atomic E-state index is 13.8. The number of hydrogen-bond donors (Lipinski definition) is 1. The molecule has 0 unspecified atom stereocenters. The molecule has 0 radical (unpaired) electrons. The van der Waals surface area contributed by atoms with Crippen molar-refractivity contribution in [2.45, 2.75) is 0 Å². The number of aromatic nitrogens is 2. The molecule has 1 aromatic carbocycles. The number of carbonyl (C=O) groups excluding carboxylic acids is 1. The number of anilines is 1. The van der Waals surface area contributed by atoms with Gasteiger partial charge in [-0.3, -0.25) is 9.89 Å². The van der Waals surface area contributed by atoms with Gasteiger partial charge in [-0.1, -0.05) is 6.07 Å². The zero-order chi connectivity index (χ0) is 18.1. The van der Waals surface area contributed by atoms with Gasteiger partial charge in [0, 0.05) is 38.3 Å². The van der Waals surface area contributed by atoms with Gasteiger partial charge in [-0.25, -0.2) is 8.78 Å². The van der Waals surface area contributed by atoms with Gasteiger partial charge in [0.05, 0.1) is 16.1 Å². The van der Waals surface area contributed by atoms with Gasteiger partial charge in [0.25, 0.3) is 5.91 Å². The molecule has 4 rings (SSSR count). The first-order valence-electron chi connectivity index (χ1n) is 8.20. The van der Waals surface area contributed by atoms with E-state index in [1.807, 2.05) is 23.6 Å². The predicted octanol–water partition coefficient (Wildman–Crippen LogP) is 3.38. The number of carbonyl (C=O) groups is 1. The second-order valence-electron chi connectivity index (χ2n) is 6.02. The van der Waals surface area contributed by atoms with Crippen LogP contribution in [0, 0.1) is 11.6 Å². The van der Waals surface area contributed by atoms with Crippen molar-refractivity contribution in [1.82, 2.24) is 15.1 Å². The Hall–Kier alpha value is -2.74. The van der Waals surface area contributed by atoms with Gasteiger partial charge >= 0.3 is 0 Å². The minimum absolute atomic E-state index is 0.0976. The number of piperazine rings is 1. The van der Waals surface area contributed by atoms with Crippen molar-refractivity contribution >= 4 is 23.1 Å². The Kier molecular flexibility index (Phi) is 4.42. The van der Waals surface area contributed by atoms with E-state index in [1.165, 1.54) is 6.07 Å². The van der Waals surface area contributed by atoms with E-state index in [9.17, 15) is 13.6 Å². The monoisotopic (exact) mass is 374 g/mol. The fraction of sp³-hybridized carbons (Fsp3) is 0.222. The van der Waals surface area contributed by atoms with E-state index < -0.39 is 17.5 Å². The first-order valence-corrected chi connectivity index (χ1v) is 9.08. The molecular weight excluding hydrogens is 358 g/mol. The van der Waals surface area contributed by atoms with Crippen molar-refractivity contribution in [2.24, 2.45) is 0 Å². The lowest BCUT2D eigenvalue weighted by atomic mass is 10.1. The summed E-state index contributed by atoms with van der Waals surface area (Å²) in [4.78, 5) is 17.2. The number of halogens is 2. The normalized spacial score (nSPS) is 14.7. The quantitative estimate of drug-likeness (QED) is 0.765. The zero-order valence-corrected chi connectivity index (χ0v) is 14.6. The Morgan fingerprint density at radius 3 is 2.62 bits per heavy atom. The molecule has 1 aliphatic heterocycles. The Bertz CT molecular complexity index is 917. The number of nitrogens with zero attached hydrogens (tertiary/aromatic N) is 3. The summed E-state index contributed by atoms with van der Waals surface area (Å²) in [5.74, 6) is -1.11. The molecule has 5 nitrogen and oxygen atoms in total. The van der Waals surface area contributed by atoms with Crippen molar-refractivity contribution in [2.75, 3.05) is 31.1 Å². The van der Waals surface area contributed by atoms with E-state index in [0.717, 1.165) is 28.5 Å². The molecular formula is C18H16F2N4OS. The third-order valence-corrected chi connectivity index (χ3v) is 5.31. The van der Waals surface area contributed by atoms with Crippen LogP contribution < -0.4 is 4.90 Å². The van der Waals surface area contributed by atoms with Gasteiger partial charge in [-0.2, -0.15) is 5.10 Å². The number of H-pyrrole nitrogens is 1. The highest BCUT2D eigenvalue weighted by Crippen LogP contribution is 2.26. The molecule has 1 fully saturated rings. The fourth-order valence-corrected chi connectivity index (χ4v) is 3.70. The molecule has 2 aromatic heterocycles. The Labute approximate surface area is 152 Å². The summed E-state index contributed by atoms with van der Waals surface area (Å²) in [5, 5.41) is 9.39. The molecule has 1 aliphatic rings. The lowest BCUT2D eigenvalue weighted by Gasteiger charge is -2.34. The fourth-order valence-electron chi connectivity index (χ4n) is 3.00. The average molecular weight is 374 g/mol. The number of benzene rings is 1. The molecule has 1 saturated heterocycles. The summed E-state index contributed by atoms with van der Waals surface area (Å²) in [5.41, 5.74) is 0.862. The first kappa shape index (κ1) is 16.7. The van der Waals surface area contributed by atoms with Crippen LogP contribution in [0.1, 0.15) is 10.4 Å². The summed E-state index contributed by atoms with van der Waals surface area (Å²) in [6.45, 7) is 2.11. The van der Waals surface area contributed by atoms with E-state index in [4.69, 9.17) is 0 Å². The summed E-state index contributed by atoms with van der Waals surface area (Å²) in [6.07, 6.45) is 0. The SMILES string of the molecule is O=C(c1ccc(F)cc1F)N1CCN(c2cc(-c3cccs3)[nH]n2)CC1. The minimum atomic E-state index is -0.828. The topological polar surface area (TPSA) is 52.2 Å². The summed E-state index contributed by atoms with van der Waals surface area (Å²) in [7, 11) is 0. The predicted molar refractivity (Wildman–Crippen MR) is 96.4 cm³/mol. The maximum Gasteiger partial charge on any atom is 0.256 e. The number of thiophene rings is 1. The van der Waals surface area contributed by atoms with Crippen LogP contribution in [0.3, 0.4) is 0 Å². The van der Waals surface area contributed by atoms with Crippen LogP contribution >= 0.6 is 11.3 Å². The highest BCUT2D eigenvalue weighted by Gasteiger charge is 2.25. The van der Waals surface area contributed by atoms with Gasteiger partial charge in [-0.15, -0.1) is 11.3 Å². The zero-order valence-electron chi connectivity index (χ0n) is 13.8. The lowest BCUT2D eigenvalue weighted by Crippen LogP contribution is -2.49. The summed E-state index contributed by atoms with van der Waals surface area (Å²) in [6, 6.07) is 9.03. The lowest BCUT2D eigenvalue weighted by molar-refractivity contribution is 0.0741. The van der Waals surface area contributed by atoms with Crippen molar-refractivity contribution < 1.29 is 13.6 Å². The van der Waals surface area contributed by atoms with E-state index in [-0.39, 0.29) is 5.56 Å². The molecule has 3 heterocycles. The third kappa shape index (κ3) is 3.20. The Morgan fingerprint density at radius 1 is 1.12 bits per heavy atom. The van der Waals surface area contributed by atoms with Gasteiger partial charge < -0.3 is 9.80 Å². The Balaban J connectivity index is 1.42. The minimum Gasteiger partial charge on any atom is -0.352 e.